The molecule has 0 heterocycles. The Labute approximate surface area is 206 Å². The first kappa shape index (κ1) is 25.9. The third-order valence-corrected chi connectivity index (χ3v) is 8.78. The van der Waals surface area contributed by atoms with E-state index in [0.717, 1.165) is 44.0 Å². The van der Waals surface area contributed by atoms with Crippen LogP contribution in [0.5, 0.6) is 5.75 Å². The van der Waals surface area contributed by atoms with E-state index in [1.807, 2.05) is 0 Å². The summed E-state index contributed by atoms with van der Waals surface area (Å²) in [7, 11) is 0. The number of benzene rings is 1. The molecule has 1 aromatic rings. The monoisotopic (exact) mass is 474 g/mol. The van der Waals surface area contributed by atoms with E-state index in [9.17, 15) is 5.11 Å². The largest absolute Gasteiger partial charge is 0.491 e. The van der Waals surface area contributed by atoms with E-state index in [1.165, 1.54) is 43.2 Å². The molecule has 3 aliphatic rings. The maximum Gasteiger partial charge on any atom is 0.119 e. The molecule has 0 amide bonds. The molecular weight excluding hydrogens is 428 g/mol. The maximum absolute atomic E-state index is 10.6. The Bertz CT molecular complexity index is 752. The lowest BCUT2D eigenvalue weighted by Crippen LogP contribution is -2.43. The van der Waals surface area contributed by atoms with Crippen LogP contribution in [0, 0.1) is 17.3 Å². The minimum Gasteiger partial charge on any atom is -0.491 e. The van der Waals surface area contributed by atoms with Crippen LogP contribution in [-0.2, 0) is 20.6 Å². The van der Waals surface area contributed by atoms with E-state index < -0.39 is 0 Å². The van der Waals surface area contributed by atoms with Crippen molar-refractivity contribution < 1.29 is 24.1 Å². The molecule has 3 unspecified atom stereocenters. The van der Waals surface area contributed by atoms with Crippen molar-refractivity contribution in [1.82, 2.24) is 0 Å². The molecule has 4 rings (SSSR count). The van der Waals surface area contributed by atoms with Crippen LogP contribution in [0.2, 0.25) is 0 Å². The van der Waals surface area contributed by atoms with E-state index in [0.29, 0.717) is 51.5 Å². The summed E-state index contributed by atoms with van der Waals surface area (Å²) in [5, 5.41) is 10.6. The van der Waals surface area contributed by atoms with E-state index in [-0.39, 0.29) is 11.5 Å². The Morgan fingerprint density at radius 3 is 2.38 bits per heavy atom. The fraction of sp³-hybridized carbons (Fsp3) is 0.793. The molecule has 1 N–H and O–H groups in total. The zero-order valence-corrected chi connectivity index (χ0v) is 21.4. The Morgan fingerprint density at radius 2 is 1.62 bits per heavy atom. The van der Waals surface area contributed by atoms with Gasteiger partial charge in [-0.1, -0.05) is 32.8 Å². The second kappa shape index (κ2) is 12.7. The molecule has 0 spiro atoms. The fourth-order valence-electron chi connectivity index (χ4n) is 6.84. The highest BCUT2D eigenvalue weighted by atomic mass is 16.6. The number of aliphatic hydroxyl groups excluding tert-OH is 1. The number of unbranched alkanes of at least 4 members (excludes halogenated alkanes) is 2. The summed E-state index contributed by atoms with van der Waals surface area (Å²) in [6.45, 7) is 8.97. The van der Waals surface area contributed by atoms with Crippen LogP contribution < -0.4 is 4.74 Å². The smallest absolute Gasteiger partial charge is 0.119 e. The van der Waals surface area contributed by atoms with Gasteiger partial charge in [0.05, 0.1) is 39.1 Å². The van der Waals surface area contributed by atoms with Crippen molar-refractivity contribution >= 4 is 0 Å². The van der Waals surface area contributed by atoms with Gasteiger partial charge in [0.25, 0.3) is 0 Å². The van der Waals surface area contributed by atoms with Crippen molar-refractivity contribution in [2.45, 2.75) is 83.7 Å². The molecule has 0 saturated heterocycles. The van der Waals surface area contributed by atoms with Gasteiger partial charge in [0.2, 0.25) is 0 Å². The molecule has 34 heavy (non-hydrogen) atoms. The lowest BCUT2D eigenvalue weighted by atomic mass is 9.55. The lowest BCUT2D eigenvalue weighted by Gasteiger charge is -2.50. The Hall–Kier alpha value is -1.14. The van der Waals surface area contributed by atoms with Crippen molar-refractivity contribution in [3.05, 3.63) is 29.3 Å². The first-order valence-electron chi connectivity index (χ1n) is 13.8. The SMILES string of the molecule is CCCCCOCCOCCOCCOc1ccc2c(c1)CCC1[C@@H]2CCC2(C)C(O)CC[C@@H]12. The molecule has 0 radical (unpaired) electrons. The average molecular weight is 475 g/mol. The van der Waals surface area contributed by atoms with Crippen LogP contribution in [0.25, 0.3) is 0 Å². The average Bonchev–Trinajstić information content (AvgIpc) is 3.16. The molecular formula is C29H46O5. The number of fused-ring (bicyclic) bond motifs is 5. The maximum atomic E-state index is 10.6. The van der Waals surface area contributed by atoms with Gasteiger partial charge in [-0.3, -0.25) is 0 Å². The highest BCUT2D eigenvalue weighted by Gasteiger charge is 2.54. The van der Waals surface area contributed by atoms with Crippen molar-refractivity contribution in [1.29, 1.82) is 0 Å². The topological polar surface area (TPSA) is 57.2 Å². The van der Waals surface area contributed by atoms with Gasteiger partial charge in [-0.15, -0.1) is 0 Å². The molecule has 2 fully saturated rings. The van der Waals surface area contributed by atoms with Gasteiger partial charge >= 0.3 is 0 Å². The third-order valence-electron chi connectivity index (χ3n) is 8.78. The molecule has 5 nitrogen and oxygen atoms in total. The summed E-state index contributed by atoms with van der Waals surface area (Å²) in [4.78, 5) is 0. The first-order chi connectivity index (χ1) is 16.6. The molecule has 1 aromatic carbocycles. The zero-order chi connectivity index (χ0) is 23.8. The second-order valence-corrected chi connectivity index (χ2v) is 10.8. The predicted octanol–water partition coefficient (Wildman–Crippen LogP) is 5.52. The minimum absolute atomic E-state index is 0.0984. The highest BCUT2D eigenvalue weighted by molar-refractivity contribution is 5.40. The van der Waals surface area contributed by atoms with Gasteiger partial charge in [-0.05, 0) is 91.4 Å². The van der Waals surface area contributed by atoms with Gasteiger partial charge < -0.3 is 24.1 Å². The molecule has 5 heteroatoms. The number of ether oxygens (including phenoxy) is 4. The molecule has 2 saturated carbocycles. The summed E-state index contributed by atoms with van der Waals surface area (Å²) >= 11 is 0. The van der Waals surface area contributed by atoms with Crippen LogP contribution in [0.3, 0.4) is 0 Å². The third kappa shape index (κ3) is 6.16. The van der Waals surface area contributed by atoms with Crippen molar-refractivity contribution in [2.24, 2.45) is 17.3 Å². The summed E-state index contributed by atoms with van der Waals surface area (Å²) in [5.74, 6) is 3.03. The Morgan fingerprint density at radius 1 is 0.882 bits per heavy atom. The summed E-state index contributed by atoms with van der Waals surface area (Å²) in [6, 6.07) is 6.71. The van der Waals surface area contributed by atoms with E-state index >= 15 is 0 Å². The van der Waals surface area contributed by atoms with E-state index in [1.54, 1.807) is 0 Å². The first-order valence-corrected chi connectivity index (χ1v) is 13.8. The molecule has 0 bridgehead atoms. The molecule has 0 aliphatic heterocycles. The quantitative estimate of drug-likeness (QED) is 0.360. The second-order valence-electron chi connectivity index (χ2n) is 10.8. The lowest BCUT2D eigenvalue weighted by molar-refractivity contribution is -0.0226. The molecule has 192 valence electrons. The standard InChI is InChI=1S/C29H46O5/c1-3-4-5-14-31-15-16-32-17-18-33-19-20-34-23-7-9-24-22(21-23)6-8-26-25(24)12-13-29(2)27(26)10-11-28(29)30/h7,9,21,25-28,30H,3-6,8,10-20H2,1-2H3/t25-,26?,27+,28?,29?/m1/s1. The normalized spacial score (nSPS) is 30.0. The van der Waals surface area contributed by atoms with Gasteiger partial charge in [-0.25, -0.2) is 0 Å². The van der Waals surface area contributed by atoms with Crippen molar-refractivity contribution in [2.75, 3.05) is 46.2 Å². The van der Waals surface area contributed by atoms with E-state index in [4.69, 9.17) is 18.9 Å². The summed E-state index contributed by atoms with van der Waals surface area (Å²) in [5.41, 5.74) is 3.15. The van der Waals surface area contributed by atoms with Crippen LogP contribution in [0.1, 0.15) is 82.3 Å². The number of rotatable bonds is 14. The highest BCUT2D eigenvalue weighted by Crippen LogP contribution is 2.60. The van der Waals surface area contributed by atoms with Gasteiger partial charge in [0.15, 0.2) is 0 Å². The molecule has 5 atom stereocenters. The van der Waals surface area contributed by atoms with E-state index in [2.05, 4.69) is 32.0 Å². The number of aliphatic hydroxyl groups is 1. The predicted molar refractivity (Wildman–Crippen MR) is 135 cm³/mol. The molecule has 0 aromatic heterocycles. The number of hydrogen-bond donors (Lipinski definition) is 1. The zero-order valence-electron chi connectivity index (χ0n) is 21.4. The van der Waals surface area contributed by atoms with Crippen LogP contribution in [0.4, 0.5) is 0 Å². The fourth-order valence-corrected chi connectivity index (χ4v) is 6.84. The minimum atomic E-state index is -0.0984. The summed E-state index contributed by atoms with van der Waals surface area (Å²) < 4.78 is 22.7. The van der Waals surface area contributed by atoms with Gasteiger partial charge in [-0.2, -0.15) is 0 Å². The van der Waals surface area contributed by atoms with Gasteiger partial charge in [0.1, 0.15) is 12.4 Å². The van der Waals surface area contributed by atoms with Crippen LogP contribution in [0.15, 0.2) is 18.2 Å². The molecule has 3 aliphatic carbocycles. The Kier molecular flexibility index (Phi) is 9.70. The van der Waals surface area contributed by atoms with Crippen molar-refractivity contribution in [3.63, 3.8) is 0 Å². The summed E-state index contributed by atoms with van der Waals surface area (Å²) in [6.07, 6.45) is 10.4. The van der Waals surface area contributed by atoms with Gasteiger partial charge in [0, 0.05) is 6.61 Å². The number of aryl methyl sites for hydroxylation is 1. The van der Waals surface area contributed by atoms with Crippen LogP contribution >= 0.6 is 0 Å². The number of hydrogen-bond acceptors (Lipinski definition) is 5. The van der Waals surface area contributed by atoms with Crippen molar-refractivity contribution in [3.8, 4) is 5.75 Å². The Balaban J connectivity index is 1.12. The van der Waals surface area contributed by atoms with Crippen LogP contribution in [-0.4, -0.2) is 57.5 Å².